The van der Waals surface area contributed by atoms with Crippen LogP contribution in [0.15, 0.2) is 48.5 Å². The van der Waals surface area contributed by atoms with Crippen LogP contribution in [0.5, 0.6) is 0 Å². The zero-order chi connectivity index (χ0) is 18.4. The Kier molecular flexibility index (Phi) is 6.36. The number of hydrogen-bond acceptors (Lipinski definition) is 3. The summed E-state index contributed by atoms with van der Waals surface area (Å²) in [5.41, 5.74) is 2.14. The van der Waals surface area contributed by atoms with Gasteiger partial charge in [0.2, 0.25) is 0 Å². The zero-order valence-corrected chi connectivity index (χ0v) is 14.8. The van der Waals surface area contributed by atoms with Gasteiger partial charge in [-0.15, -0.1) is 0 Å². The van der Waals surface area contributed by atoms with Crippen LogP contribution in [0, 0.1) is 5.82 Å². The average molecular weight is 356 g/mol. The van der Waals surface area contributed by atoms with Crippen LogP contribution < -0.4 is 5.32 Å². The van der Waals surface area contributed by atoms with Crippen molar-refractivity contribution in [2.24, 2.45) is 0 Å². The Bertz CT molecular complexity index is 731. The van der Waals surface area contributed by atoms with Gasteiger partial charge in [0, 0.05) is 30.4 Å². The minimum atomic E-state index is -0.378. The van der Waals surface area contributed by atoms with Crippen molar-refractivity contribution in [1.82, 2.24) is 4.90 Å². The molecular weight excluding hydrogens is 331 g/mol. The fourth-order valence-corrected chi connectivity index (χ4v) is 3.51. The number of aliphatic hydroxyl groups excluding tert-OH is 1. The molecule has 0 saturated carbocycles. The first kappa shape index (κ1) is 18.5. The van der Waals surface area contributed by atoms with Gasteiger partial charge in [-0.3, -0.25) is 9.69 Å². The third kappa shape index (κ3) is 4.90. The highest BCUT2D eigenvalue weighted by molar-refractivity contribution is 6.04. The molecule has 0 aromatic heterocycles. The number of likely N-dealkylation sites (tertiary alicyclic amines) is 1. The van der Waals surface area contributed by atoms with Gasteiger partial charge >= 0.3 is 0 Å². The molecule has 3 rings (SSSR count). The van der Waals surface area contributed by atoms with Crippen molar-refractivity contribution in [1.29, 1.82) is 0 Å². The highest BCUT2D eigenvalue weighted by Gasteiger charge is 2.21. The molecule has 138 valence electrons. The third-order valence-corrected chi connectivity index (χ3v) is 4.90. The Morgan fingerprint density at radius 1 is 1.19 bits per heavy atom. The van der Waals surface area contributed by atoms with Gasteiger partial charge in [0.05, 0.1) is 0 Å². The summed E-state index contributed by atoms with van der Waals surface area (Å²) in [6, 6.07) is 13.8. The number of nitrogens with one attached hydrogen (secondary N) is 1. The number of benzene rings is 2. The molecule has 26 heavy (non-hydrogen) atoms. The summed E-state index contributed by atoms with van der Waals surface area (Å²) < 4.78 is 13.2. The van der Waals surface area contributed by atoms with Crippen LogP contribution in [0.1, 0.15) is 41.6 Å². The molecule has 2 N–H and O–H groups in total. The van der Waals surface area contributed by atoms with E-state index in [0.29, 0.717) is 17.3 Å². The maximum Gasteiger partial charge on any atom is 0.255 e. The van der Waals surface area contributed by atoms with Gasteiger partial charge in [-0.05, 0) is 61.7 Å². The van der Waals surface area contributed by atoms with Crippen LogP contribution in [0.3, 0.4) is 0 Å². The zero-order valence-electron chi connectivity index (χ0n) is 14.8. The molecule has 2 aromatic carbocycles. The molecule has 1 atom stereocenters. The third-order valence-electron chi connectivity index (χ3n) is 4.90. The molecule has 1 fully saturated rings. The van der Waals surface area contributed by atoms with Crippen LogP contribution in [0.2, 0.25) is 0 Å². The predicted molar refractivity (Wildman–Crippen MR) is 101 cm³/mol. The molecule has 0 bridgehead atoms. The molecule has 1 heterocycles. The summed E-state index contributed by atoms with van der Waals surface area (Å²) in [4.78, 5) is 14.7. The topological polar surface area (TPSA) is 52.6 Å². The van der Waals surface area contributed by atoms with E-state index in [9.17, 15) is 14.3 Å². The van der Waals surface area contributed by atoms with E-state index in [1.165, 1.54) is 25.0 Å². The second kappa shape index (κ2) is 8.92. The Balaban J connectivity index is 1.61. The van der Waals surface area contributed by atoms with Crippen molar-refractivity contribution in [3.05, 3.63) is 65.5 Å². The highest BCUT2D eigenvalue weighted by atomic mass is 19.1. The molecule has 1 saturated heterocycles. The number of hydrogen-bond donors (Lipinski definition) is 2. The summed E-state index contributed by atoms with van der Waals surface area (Å²) in [5.74, 6) is -0.629. The number of nitrogens with zero attached hydrogens (tertiary/aromatic N) is 1. The van der Waals surface area contributed by atoms with Crippen molar-refractivity contribution in [2.45, 2.75) is 38.3 Å². The first-order valence-electron chi connectivity index (χ1n) is 9.16. The van der Waals surface area contributed by atoms with Crippen LogP contribution in [0.25, 0.3) is 0 Å². The van der Waals surface area contributed by atoms with Crippen LogP contribution in [-0.2, 0) is 6.54 Å². The Morgan fingerprint density at radius 3 is 2.73 bits per heavy atom. The van der Waals surface area contributed by atoms with Crippen LogP contribution in [-0.4, -0.2) is 35.1 Å². The number of carbonyl (C=O) groups is 1. The number of halogens is 1. The van der Waals surface area contributed by atoms with E-state index in [2.05, 4.69) is 10.2 Å². The fourth-order valence-electron chi connectivity index (χ4n) is 3.51. The van der Waals surface area contributed by atoms with Gasteiger partial charge in [-0.25, -0.2) is 4.39 Å². The molecule has 4 nitrogen and oxygen atoms in total. The van der Waals surface area contributed by atoms with E-state index in [4.69, 9.17) is 0 Å². The molecule has 0 radical (unpaired) electrons. The second-order valence-corrected chi connectivity index (χ2v) is 6.79. The first-order chi connectivity index (χ1) is 12.7. The fraction of sp³-hybridized carbons (Fsp3) is 0.381. The number of rotatable bonds is 6. The monoisotopic (exact) mass is 356 g/mol. The van der Waals surface area contributed by atoms with E-state index >= 15 is 0 Å². The summed E-state index contributed by atoms with van der Waals surface area (Å²) >= 11 is 0. The van der Waals surface area contributed by atoms with Crippen molar-refractivity contribution in [2.75, 3.05) is 18.5 Å². The van der Waals surface area contributed by atoms with Gasteiger partial charge in [-0.2, -0.15) is 0 Å². The molecule has 2 aromatic rings. The summed E-state index contributed by atoms with van der Waals surface area (Å²) in [6.45, 7) is 2.10. The molecule has 1 unspecified atom stereocenters. The average Bonchev–Trinajstić information content (AvgIpc) is 2.64. The standard InChI is InChI=1S/C21H25FN2O2/c22-18-4-3-5-19(14-18)23-21(26)17-9-7-16(8-10-17)15-24-12-2-1-6-20(24)11-13-25/h3-5,7-10,14,20,25H,1-2,6,11-13,15H2,(H,23,26). The first-order valence-corrected chi connectivity index (χ1v) is 9.16. The van der Waals surface area contributed by atoms with Gasteiger partial charge in [0.15, 0.2) is 0 Å². The van der Waals surface area contributed by atoms with Crippen LogP contribution >= 0.6 is 0 Å². The maximum atomic E-state index is 13.2. The minimum Gasteiger partial charge on any atom is -0.396 e. The van der Waals surface area contributed by atoms with E-state index in [1.807, 2.05) is 12.1 Å². The van der Waals surface area contributed by atoms with Gasteiger partial charge in [0.1, 0.15) is 5.82 Å². The van der Waals surface area contributed by atoms with Crippen LogP contribution in [0.4, 0.5) is 10.1 Å². The molecule has 5 heteroatoms. The van der Waals surface area contributed by atoms with E-state index in [1.54, 1.807) is 24.3 Å². The molecule has 0 spiro atoms. The number of piperidine rings is 1. The second-order valence-electron chi connectivity index (χ2n) is 6.79. The lowest BCUT2D eigenvalue weighted by Crippen LogP contribution is -2.39. The largest absolute Gasteiger partial charge is 0.396 e. The highest BCUT2D eigenvalue weighted by Crippen LogP contribution is 2.22. The summed E-state index contributed by atoms with van der Waals surface area (Å²) in [7, 11) is 0. The van der Waals surface area contributed by atoms with E-state index < -0.39 is 0 Å². The smallest absolute Gasteiger partial charge is 0.255 e. The van der Waals surface area contributed by atoms with Crippen molar-refractivity contribution in [3.63, 3.8) is 0 Å². The Hall–Kier alpha value is -2.24. The number of anilines is 1. The lowest BCUT2D eigenvalue weighted by atomic mass is 9.98. The number of amides is 1. The van der Waals surface area contributed by atoms with E-state index in [0.717, 1.165) is 31.5 Å². The summed E-state index contributed by atoms with van der Waals surface area (Å²) in [5, 5.41) is 12.0. The SMILES string of the molecule is O=C(Nc1cccc(F)c1)c1ccc(CN2CCCCC2CCO)cc1. The van der Waals surface area contributed by atoms with E-state index in [-0.39, 0.29) is 18.3 Å². The number of aliphatic hydroxyl groups is 1. The lowest BCUT2D eigenvalue weighted by Gasteiger charge is -2.35. The Labute approximate surface area is 153 Å². The molecule has 1 aliphatic heterocycles. The van der Waals surface area contributed by atoms with Gasteiger partial charge in [-0.1, -0.05) is 24.6 Å². The lowest BCUT2D eigenvalue weighted by molar-refractivity contribution is 0.102. The maximum absolute atomic E-state index is 13.2. The molecule has 1 aliphatic rings. The normalized spacial score (nSPS) is 17.8. The quantitative estimate of drug-likeness (QED) is 0.827. The molecular formula is C21H25FN2O2. The van der Waals surface area contributed by atoms with Gasteiger partial charge < -0.3 is 10.4 Å². The van der Waals surface area contributed by atoms with Gasteiger partial charge in [0.25, 0.3) is 5.91 Å². The Morgan fingerprint density at radius 2 is 2.00 bits per heavy atom. The van der Waals surface area contributed by atoms with Crippen molar-refractivity contribution < 1.29 is 14.3 Å². The number of carbonyl (C=O) groups excluding carboxylic acids is 1. The van der Waals surface area contributed by atoms with Crippen molar-refractivity contribution in [3.8, 4) is 0 Å². The predicted octanol–water partition coefficient (Wildman–Crippen LogP) is 3.81. The molecule has 0 aliphatic carbocycles. The van der Waals surface area contributed by atoms with Crippen molar-refractivity contribution >= 4 is 11.6 Å². The summed E-state index contributed by atoms with van der Waals surface area (Å²) in [6.07, 6.45) is 4.36. The molecule has 1 amide bonds. The minimum absolute atomic E-state index is 0.223.